The molecular weight excluding hydrogens is 232 g/mol. The van der Waals surface area contributed by atoms with Crippen molar-refractivity contribution in [2.45, 2.75) is 6.42 Å². The summed E-state index contributed by atoms with van der Waals surface area (Å²) in [5, 5.41) is 1.19. The summed E-state index contributed by atoms with van der Waals surface area (Å²) in [6.45, 7) is 0.681. The van der Waals surface area contributed by atoms with E-state index < -0.39 is 0 Å². The number of nitrogens with zero attached hydrogens (tertiary/aromatic N) is 1. The number of rotatable bonds is 3. The molecule has 19 heavy (non-hydrogen) atoms. The number of benzene rings is 2. The molecule has 2 heteroatoms. The Kier molecular flexibility index (Phi) is 3.25. The zero-order valence-electron chi connectivity index (χ0n) is 10.7. The van der Waals surface area contributed by atoms with Gasteiger partial charge in [0, 0.05) is 11.6 Å². The zero-order valence-corrected chi connectivity index (χ0v) is 10.7. The van der Waals surface area contributed by atoms with E-state index in [1.165, 1.54) is 22.1 Å². The minimum atomic E-state index is 0.681. The molecule has 0 spiro atoms. The molecule has 0 radical (unpaired) electrons. The van der Waals surface area contributed by atoms with Crippen LogP contribution in [-0.4, -0.2) is 11.5 Å². The zero-order chi connectivity index (χ0) is 13.1. The van der Waals surface area contributed by atoms with Crippen molar-refractivity contribution >= 4 is 10.9 Å². The fraction of sp³-hybridized carbons (Fsp3) is 0.118. The first-order valence-electron chi connectivity index (χ1n) is 6.51. The van der Waals surface area contributed by atoms with Gasteiger partial charge in [-0.2, -0.15) is 0 Å². The Morgan fingerprint density at radius 2 is 1.84 bits per heavy atom. The number of nitrogens with two attached hydrogens (primary N) is 1. The Morgan fingerprint density at radius 3 is 2.74 bits per heavy atom. The van der Waals surface area contributed by atoms with Crippen LogP contribution in [0.4, 0.5) is 0 Å². The van der Waals surface area contributed by atoms with Crippen LogP contribution in [0, 0.1) is 0 Å². The van der Waals surface area contributed by atoms with Gasteiger partial charge < -0.3 is 5.73 Å². The van der Waals surface area contributed by atoms with Crippen LogP contribution in [0.2, 0.25) is 0 Å². The fourth-order valence-electron chi connectivity index (χ4n) is 2.41. The summed E-state index contributed by atoms with van der Waals surface area (Å²) in [7, 11) is 0. The summed E-state index contributed by atoms with van der Waals surface area (Å²) in [5.41, 5.74) is 10.4. The summed E-state index contributed by atoms with van der Waals surface area (Å²) in [6, 6.07) is 18.9. The molecule has 2 N–H and O–H groups in total. The summed E-state index contributed by atoms with van der Waals surface area (Å²) in [4.78, 5) is 4.41. The van der Waals surface area contributed by atoms with Gasteiger partial charge in [-0.1, -0.05) is 42.5 Å². The standard InChI is InChI=1S/C17H16N2/c18-10-8-13-4-3-5-14(12-13)15-9-11-19-17-7-2-1-6-16(15)17/h1-7,9,11-12H,8,10,18H2. The van der Waals surface area contributed by atoms with Crippen LogP contribution in [0.1, 0.15) is 5.56 Å². The summed E-state index contributed by atoms with van der Waals surface area (Å²) in [6.07, 6.45) is 2.78. The van der Waals surface area contributed by atoms with Crippen LogP contribution < -0.4 is 5.73 Å². The molecule has 3 aromatic rings. The van der Waals surface area contributed by atoms with E-state index in [0.717, 1.165) is 11.9 Å². The maximum Gasteiger partial charge on any atom is 0.0708 e. The predicted octanol–water partition coefficient (Wildman–Crippen LogP) is 3.40. The lowest BCUT2D eigenvalue weighted by Gasteiger charge is -2.08. The summed E-state index contributed by atoms with van der Waals surface area (Å²) < 4.78 is 0. The van der Waals surface area contributed by atoms with E-state index in [-0.39, 0.29) is 0 Å². The molecular formula is C17H16N2. The van der Waals surface area contributed by atoms with Gasteiger partial charge in [0.15, 0.2) is 0 Å². The normalized spacial score (nSPS) is 10.8. The van der Waals surface area contributed by atoms with E-state index in [4.69, 9.17) is 5.73 Å². The smallest absolute Gasteiger partial charge is 0.0708 e. The predicted molar refractivity (Wildman–Crippen MR) is 79.9 cm³/mol. The Bertz CT molecular complexity index is 699. The van der Waals surface area contributed by atoms with Gasteiger partial charge in [-0.3, -0.25) is 4.98 Å². The molecule has 2 nitrogen and oxygen atoms in total. The SMILES string of the molecule is NCCc1cccc(-c2ccnc3ccccc23)c1. The van der Waals surface area contributed by atoms with Crippen molar-refractivity contribution in [2.75, 3.05) is 6.54 Å². The van der Waals surface area contributed by atoms with Crippen molar-refractivity contribution in [3.63, 3.8) is 0 Å². The minimum absolute atomic E-state index is 0.681. The largest absolute Gasteiger partial charge is 0.330 e. The average Bonchev–Trinajstić information content (AvgIpc) is 2.47. The van der Waals surface area contributed by atoms with E-state index in [1.807, 2.05) is 18.3 Å². The van der Waals surface area contributed by atoms with E-state index in [1.54, 1.807) is 0 Å². The van der Waals surface area contributed by atoms with Crippen LogP contribution in [-0.2, 0) is 6.42 Å². The minimum Gasteiger partial charge on any atom is -0.330 e. The lowest BCUT2D eigenvalue weighted by atomic mass is 9.99. The van der Waals surface area contributed by atoms with Crippen LogP contribution in [0.15, 0.2) is 60.8 Å². The molecule has 0 fully saturated rings. The lowest BCUT2D eigenvalue weighted by molar-refractivity contribution is 0.969. The van der Waals surface area contributed by atoms with Crippen molar-refractivity contribution in [1.29, 1.82) is 0 Å². The maximum absolute atomic E-state index is 5.63. The maximum atomic E-state index is 5.63. The van der Waals surface area contributed by atoms with Gasteiger partial charge >= 0.3 is 0 Å². The molecule has 2 aromatic carbocycles. The molecule has 0 saturated carbocycles. The van der Waals surface area contributed by atoms with E-state index in [9.17, 15) is 0 Å². The van der Waals surface area contributed by atoms with Gasteiger partial charge in [0.25, 0.3) is 0 Å². The molecule has 0 aliphatic heterocycles. The van der Waals surface area contributed by atoms with Gasteiger partial charge in [-0.25, -0.2) is 0 Å². The highest BCUT2D eigenvalue weighted by Crippen LogP contribution is 2.27. The third-order valence-corrected chi connectivity index (χ3v) is 3.32. The number of pyridine rings is 1. The number of hydrogen-bond acceptors (Lipinski definition) is 2. The Balaban J connectivity index is 2.16. The van der Waals surface area contributed by atoms with E-state index >= 15 is 0 Å². The first-order valence-corrected chi connectivity index (χ1v) is 6.51. The van der Waals surface area contributed by atoms with Crippen molar-refractivity contribution < 1.29 is 0 Å². The molecule has 94 valence electrons. The second-order valence-corrected chi connectivity index (χ2v) is 4.61. The second-order valence-electron chi connectivity index (χ2n) is 4.61. The van der Waals surface area contributed by atoms with Crippen molar-refractivity contribution in [3.05, 3.63) is 66.4 Å². The van der Waals surface area contributed by atoms with Crippen molar-refractivity contribution in [3.8, 4) is 11.1 Å². The average molecular weight is 248 g/mol. The molecule has 0 atom stereocenters. The molecule has 0 unspecified atom stereocenters. The van der Waals surface area contributed by atoms with Gasteiger partial charge in [0.05, 0.1) is 5.52 Å². The highest BCUT2D eigenvalue weighted by atomic mass is 14.6. The number of hydrogen-bond donors (Lipinski definition) is 1. The molecule has 0 amide bonds. The first kappa shape index (κ1) is 11.9. The molecule has 0 aliphatic rings. The highest BCUT2D eigenvalue weighted by molar-refractivity contribution is 5.94. The van der Waals surface area contributed by atoms with Crippen LogP contribution in [0.5, 0.6) is 0 Å². The van der Waals surface area contributed by atoms with Gasteiger partial charge in [0.1, 0.15) is 0 Å². The lowest BCUT2D eigenvalue weighted by Crippen LogP contribution is -2.02. The van der Waals surface area contributed by atoms with Crippen molar-refractivity contribution in [2.24, 2.45) is 5.73 Å². The van der Waals surface area contributed by atoms with Crippen molar-refractivity contribution in [1.82, 2.24) is 4.98 Å². The molecule has 0 saturated heterocycles. The molecule has 0 aliphatic carbocycles. The van der Waals surface area contributed by atoms with Crippen LogP contribution in [0.25, 0.3) is 22.0 Å². The quantitative estimate of drug-likeness (QED) is 0.771. The Hall–Kier alpha value is -2.19. The summed E-state index contributed by atoms with van der Waals surface area (Å²) in [5.74, 6) is 0. The second kappa shape index (κ2) is 5.21. The number of aromatic nitrogens is 1. The van der Waals surface area contributed by atoms with E-state index in [2.05, 4.69) is 47.4 Å². The molecule has 1 heterocycles. The molecule has 0 bridgehead atoms. The van der Waals surface area contributed by atoms with Crippen LogP contribution in [0.3, 0.4) is 0 Å². The van der Waals surface area contributed by atoms with E-state index in [0.29, 0.717) is 6.54 Å². The van der Waals surface area contributed by atoms with Crippen LogP contribution >= 0.6 is 0 Å². The molecule has 3 rings (SSSR count). The third kappa shape index (κ3) is 2.35. The van der Waals surface area contributed by atoms with Gasteiger partial charge in [-0.05, 0) is 41.8 Å². The van der Waals surface area contributed by atoms with Gasteiger partial charge in [-0.15, -0.1) is 0 Å². The number of fused-ring (bicyclic) bond motifs is 1. The third-order valence-electron chi connectivity index (χ3n) is 3.32. The highest BCUT2D eigenvalue weighted by Gasteiger charge is 2.04. The topological polar surface area (TPSA) is 38.9 Å². The Labute approximate surface area is 112 Å². The first-order chi connectivity index (χ1) is 9.38. The van der Waals surface area contributed by atoms with Gasteiger partial charge in [0.2, 0.25) is 0 Å². The number of para-hydroxylation sites is 1. The monoisotopic (exact) mass is 248 g/mol. The Morgan fingerprint density at radius 1 is 0.947 bits per heavy atom. The fourth-order valence-corrected chi connectivity index (χ4v) is 2.41. The summed E-state index contributed by atoms with van der Waals surface area (Å²) >= 11 is 0. The molecule has 1 aromatic heterocycles.